The van der Waals surface area contributed by atoms with Gasteiger partial charge in [0.1, 0.15) is 0 Å². The maximum atomic E-state index is 13.4. The highest BCUT2D eigenvalue weighted by Crippen LogP contribution is 2.39. The first-order valence-corrected chi connectivity index (χ1v) is 8.46. The van der Waals surface area contributed by atoms with E-state index in [1.165, 1.54) is 23.1 Å². The van der Waals surface area contributed by atoms with Crippen molar-refractivity contribution in [1.82, 2.24) is 19.7 Å². The Morgan fingerprint density at radius 2 is 1.85 bits per heavy atom. The third-order valence-electron chi connectivity index (χ3n) is 4.49. The molecule has 1 amide bonds. The molecule has 1 aromatic heterocycles. The van der Waals surface area contributed by atoms with E-state index < -0.39 is 17.6 Å². The number of hydrogen-bond donors (Lipinski definition) is 0. The number of benzene rings is 1. The number of aromatic nitrogens is 3. The second-order valence-electron chi connectivity index (χ2n) is 6.40. The summed E-state index contributed by atoms with van der Waals surface area (Å²) in [6.07, 6.45) is -2.78. The second-order valence-corrected chi connectivity index (χ2v) is 6.40. The molecular weight excluding hydrogens is 349 g/mol. The van der Waals surface area contributed by atoms with Crippen LogP contribution in [0.2, 0.25) is 0 Å². The summed E-state index contributed by atoms with van der Waals surface area (Å²) >= 11 is 0. The standard InChI is InChI=1S/C17H17F3N4O2/c18-17(19,20)12-3-1-2-4-13(12)24-15(21-14(22-24)11-5-6-11)16(25)23-7-9-26-10-8-23/h1-4,11H,5-10H2. The quantitative estimate of drug-likeness (QED) is 0.838. The molecule has 4 rings (SSSR count). The third kappa shape index (κ3) is 3.18. The number of carbonyl (C=O) groups is 1. The van der Waals surface area contributed by atoms with Crippen LogP contribution in [0.3, 0.4) is 0 Å². The molecule has 9 heteroatoms. The molecule has 1 aliphatic heterocycles. The Balaban J connectivity index is 1.80. The minimum Gasteiger partial charge on any atom is -0.378 e. The predicted octanol–water partition coefficient (Wildman–Crippen LogP) is 2.64. The van der Waals surface area contributed by atoms with Crippen LogP contribution in [0.4, 0.5) is 13.2 Å². The summed E-state index contributed by atoms with van der Waals surface area (Å²) in [7, 11) is 0. The summed E-state index contributed by atoms with van der Waals surface area (Å²) in [5.74, 6) is 0.0410. The molecule has 0 radical (unpaired) electrons. The van der Waals surface area contributed by atoms with E-state index >= 15 is 0 Å². The van der Waals surface area contributed by atoms with Crippen molar-refractivity contribution in [3.05, 3.63) is 41.5 Å². The molecule has 0 N–H and O–H groups in total. The minimum absolute atomic E-state index is 0.0782. The Morgan fingerprint density at radius 3 is 2.50 bits per heavy atom. The Labute approximate surface area is 147 Å². The van der Waals surface area contributed by atoms with Gasteiger partial charge in [0, 0.05) is 19.0 Å². The van der Waals surface area contributed by atoms with Crippen molar-refractivity contribution in [2.24, 2.45) is 0 Å². The first kappa shape index (κ1) is 17.0. The number of nitrogens with zero attached hydrogens (tertiary/aromatic N) is 4. The van der Waals surface area contributed by atoms with Crippen LogP contribution in [-0.2, 0) is 10.9 Å². The lowest BCUT2D eigenvalue weighted by Gasteiger charge is -2.26. The molecule has 0 unspecified atom stereocenters. The average Bonchev–Trinajstić information content (AvgIpc) is 3.40. The fourth-order valence-electron chi connectivity index (χ4n) is 2.95. The molecule has 1 aromatic carbocycles. The van der Waals surface area contributed by atoms with Crippen molar-refractivity contribution in [2.75, 3.05) is 26.3 Å². The number of para-hydroxylation sites is 1. The molecule has 0 atom stereocenters. The summed E-state index contributed by atoms with van der Waals surface area (Å²) in [4.78, 5) is 18.7. The fraction of sp³-hybridized carbons (Fsp3) is 0.471. The highest BCUT2D eigenvalue weighted by Gasteiger charge is 2.37. The van der Waals surface area contributed by atoms with Crippen LogP contribution >= 0.6 is 0 Å². The molecule has 6 nitrogen and oxygen atoms in total. The van der Waals surface area contributed by atoms with Crippen molar-refractivity contribution in [1.29, 1.82) is 0 Å². The van der Waals surface area contributed by atoms with Gasteiger partial charge < -0.3 is 9.64 Å². The van der Waals surface area contributed by atoms with Crippen LogP contribution in [0.1, 0.15) is 40.8 Å². The number of carbonyl (C=O) groups excluding carboxylic acids is 1. The zero-order valence-corrected chi connectivity index (χ0v) is 13.9. The summed E-state index contributed by atoms with van der Waals surface area (Å²) in [6.45, 7) is 1.56. The molecule has 2 aliphatic rings. The number of rotatable bonds is 3. The molecule has 2 fully saturated rings. The molecular formula is C17H17F3N4O2. The van der Waals surface area contributed by atoms with E-state index in [4.69, 9.17) is 4.74 Å². The Hall–Kier alpha value is -2.42. The summed E-state index contributed by atoms with van der Waals surface area (Å²) < 4.78 is 46.6. The summed E-state index contributed by atoms with van der Waals surface area (Å²) in [5.41, 5.74) is -1.03. The number of ether oxygens (including phenoxy) is 1. The van der Waals surface area contributed by atoms with E-state index in [1.54, 1.807) is 0 Å². The van der Waals surface area contributed by atoms with Crippen molar-refractivity contribution >= 4 is 5.91 Å². The zero-order chi connectivity index (χ0) is 18.3. The average molecular weight is 366 g/mol. The highest BCUT2D eigenvalue weighted by atomic mass is 19.4. The molecule has 0 spiro atoms. The van der Waals surface area contributed by atoms with Crippen molar-refractivity contribution < 1.29 is 22.7 Å². The van der Waals surface area contributed by atoms with E-state index in [0.29, 0.717) is 32.1 Å². The molecule has 1 aliphatic carbocycles. The zero-order valence-electron chi connectivity index (χ0n) is 13.9. The predicted molar refractivity (Wildman–Crippen MR) is 85.1 cm³/mol. The first-order valence-electron chi connectivity index (χ1n) is 8.46. The van der Waals surface area contributed by atoms with Crippen molar-refractivity contribution in [3.8, 4) is 5.69 Å². The van der Waals surface area contributed by atoms with Gasteiger partial charge in [-0.05, 0) is 25.0 Å². The van der Waals surface area contributed by atoms with Gasteiger partial charge in [-0.3, -0.25) is 4.79 Å². The first-order chi connectivity index (χ1) is 12.4. The normalized spacial score (nSPS) is 18.2. The molecule has 2 aromatic rings. The number of morpholine rings is 1. The van der Waals surface area contributed by atoms with Crippen LogP contribution in [0.25, 0.3) is 5.69 Å². The van der Waals surface area contributed by atoms with Gasteiger partial charge in [0.25, 0.3) is 5.91 Å². The molecule has 138 valence electrons. The van der Waals surface area contributed by atoms with Crippen LogP contribution < -0.4 is 0 Å². The van der Waals surface area contributed by atoms with Gasteiger partial charge >= 0.3 is 6.18 Å². The molecule has 1 saturated carbocycles. The summed E-state index contributed by atoms with van der Waals surface area (Å²) in [6, 6.07) is 5.10. The van der Waals surface area contributed by atoms with Gasteiger partial charge in [0.2, 0.25) is 5.82 Å². The Kier molecular flexibility index (Phi) is 4.18. The van der Waals surface area contributed by atoms with E-state index in [2.05, 4.69) is 10.1 Å². The summed E-state index contributed by atoms with van der Waals surface area (Å²) in [5, 5.41) is 4.26. The maximum Gasteiger partial charge on any atom is 0.418 e. The van der Waals surface area contributed by atoms with E-state index in [-0.39, 0.29) is 17.4 Å². The fourth-order valence-corrected chi connectivity index (χ4v) is 2.95. The van der Waals surface area contributed by atoms with Crippen molar-refractivity contribution in [2.45, 2.75) is 24.9 Å². The topological polar surface area (TPSA) is 60.2 Å². The van der Waals surface area contributed by atoms with Gasteiger partial charge in [-0.15, -0.1) is 0 Å². The minimum atomic E-state index is -4.55. The van der Waals surface area contributed by atoms with Crippen LogP contribution in [0.5, 0.6) is 0 Å². The number of alkyl halides is 3. The van der Waals surface area contributed by atoms with Gasteiger partial charge in [-0.1, -0.05) is 12.1 Å². The lowest BCUT2D eigenvalue weighted by Crippen LogP contribution is -2.41. The molecule has 26 heavy (non-hydrogen) atoms. The lowest BCUT2D eigenvalue weighted by atomic mass is 10.1. The van der Waals surface area contributed by atoms with Gasteiger partial charge in [-0.2, -0.15) is 18.3 Å². The molecule has 2 heterocycles. The van der Waals surface area contributed by atoms with E-state index in [1.807, 2.05) is 0 Å². The largest absolute Gasteiger partial charge is 0.418 e. The number of amides is 1. The molecule has 1 saturated heterocycles. The van der Waals surface area contributed by atoms with Gasteiger partial charge in [0.15, 0.2) is 5.82 Å². The lowest BCUT2D eigenvalue weighted by molar-refractivity contribution is -0.137. The van der Waals surface area contributed by atoms with Crippen LogP contribution in [0, 0.1) is 0 Å². The Morgan fingerprint density at radius 1 is 1.15 bits per heavy atom. The highest BCUT2D eigenvalue weighted by molar-refractivity contribution is 5.91. The van der Waals surface area contributed by atoms with Gasteiger partial charge in [0.05, 0.1) is 24.5 Å². The maximum absolute atomic E-state index is 13.4. The van der Waals surface area contributed by atoms with E-state index in [0.717, 1.165) is 23.6 Å². The SMILES string of the molecule is O=C(c1nc(C2CC2)nn1-c1ccccc1C(F)(F)F)N1CCOCC1. The number of halogens is 3. The third-order valence-corrected chi connectivity index (χ3v) is 4.49. The van der Waals surface area contributed by atoms with Crippen LogP contribution in [0.15, 0.2) is 24.3 Å². The Bertz CT molecular complexity index is 824. The monoisotopic (exact) mass is 366 g/mol. The number of hydrogen-bond acceptors (Lipinski definition) is 4. The molecule has 0 bridgehead atoms. The van der Waals surface area contributed by atoms with Crippen molar-refractivity contribution in [3.63, 3.8) is 0 Å². The second kappa shape index (κ2) is 6.39. The smallest absolute Gasteiger partial charge is 0.378 e. The van der Waals surface area contributed by atoms with Gasteiger partial charge in [-0.25, -0.2) is 9.67 Å². The van der Waals surface area contributed by atoms with Crippen LogP contribution in [-0.4, -0.2) is 51.9 Å². The van der Waals surface area contributed by atoms with E-state index in [9.17, 15) is 18.0 Å².